The van der Waals surface area contributed by atoms with Gasteiger partial charge in [0.25, 0.3) is 0 Å². The smallest absolute Gasteiger partial charge is 0.410 e. The van der Waals surface area contributed by atoms with Gasteiger partial charge in [0.05, 0.1) is 6.61 Å². The third kappa shape index (κ3) is 4.70. The van der Waals surface area contributed by atoms with Crippen LogP contribution in [0.2, 0.25) is 0 Å². The Bertz CT molecular complexity index is 611. The van der Waals surface area contributed by atoms with Crippen molar-refractivity contribution in [2.75, 3.05) is 13.7 Å². The Morgan fingerprint density at radius 1 is 1.19 bits per heavy atom. The summed E-state index contributed by atoms with van der Waals surface area (Å²) in [4.78, 5) is 14.5. The first-order valence-corrected chi connectivity index (χ1v) is 9.61. The maximum Gasteiger partial charge on any atom is 0.410 e. The highest BCUT2D eigenvalue weighted by atomic mass is 16.6. The lowest BCUT2D eigenvalue weighted by Gasteiger charge is -2.39. The second kappa shape index (κ2) is 7.87. The number of carbonyl (C=O) groups is 1. The van der Waals surface area contributed by atoms with Crippen LogP contribution in [0, 0.1) is 0 Å². The number of piperidine rings is 1. The van der Waals surface area contributed by atoms with Gasteiger partial charge in [0.1, 0.15) is 17.5 Å². The zero-order valence-corrected chi connectivity index (χ0v) is 16.4. The molecule has 0 saturated carbocycles. The summed E-state index contributed by atoms with van der Waals surface area (Å²) in [7, 11) is 1.72. The Balaban J connectivity index is 1.60. The van der Waals surface area contributed by atoms with Crippen LogP contribution in [-0.2, 0) is 15.9 Å². The standard InChI is InChI=1S/C21H31NO4/c1-21(2,3)26-20(23)22-16-8-9-17(22)14-19(13-16)25-18-7-5-6-15(12-18)10-11-24-4/h5-7,12,16-17,19H,8-11,13-14H2,1-4H3/t16-,17+,19?. The normalized spacial score (nSPS) is 25.2. The first-order chi connectivity index (χ1) is 12.4. The Kier molecular flexibility index (Phi) is 5.76. The molecular formula is C21H31NO4. The molecule has 144 valence electrons. The van der Waals surface area contributed by atoms with E-state index in [4.69, 9.17) is 14.2 Å². The summed E-state index contributed by atoms with van der Waals surface area (Å²) in [6, 6.07) is 8.70. The highest BCUT2D eigenvalue weighted by molar-refractivity contribution is 5.69. The maximum atomic E-state index is 12.5. The third-order valence-corrected chi connectivity index (χ3v) is 5.09. The van der Waals surface area contributed by atoms with Gasteiger partial charge in [-0.25, -0.2) is 4.79 Å². The van der Waals surface area contributed by atoms with Crippen molar-refractivity contribution in [1.29, 1.82) is 0 Å². The largest absolute Gasteiger partial charge is 0.490 e. The van der Waals surface area contributed by atoms with Crippen LogP contribution in [0.3, 0.4) is 0 Å². The summed E-state index contributed by atoms with van der Waals surface area (Å²) in [5.74, 6) is 0.911. The molecule has 1 amide bonds. The minimum Gasteiger partial charge on any atom is -0.490 e. The molecule has 2 fully saturated rings. The van der Waals surface area contributed by atoms with Gasteiger partial charge in [-0.15, -0.1) is 0 Å². The van der Waals surface area contributed by atoms with Crippen molar-refractivity contribution < 1.29 is 19.0 Å². The number of amides is 1. The zero-order chi connectivity index (χ0) is 18.7. The molecule has 2 bridgehead atoms. The van der Waals surface area contributed by atoms with Crippen molar-refractivity contribution in [1.82, 2.24) is 4.90 Å². The van der Waals surface area contributed by atoms with Gasteiger partial charge < -0.3 is 19.1 Å². The van der Waals surface area contributed by atoms with E-state index in [0.717, 1.165) is 37.9 Å². The predicted molar refractivity (Wildman–Crippen MR) is 101 cm³/mol. The summed E-state index contributed by atoms with van der Waals surface area (Å²) in [6.45, 7) is 6.46. The minimum absolute atomic E-state index is 0.156. The average molecular weight is 361 g/mol. The van der Waals surface area contributed by atoms with Gasteiger partial charge in [0.2, 0.25) is 0 Å². The van der Waals surface area contributed by atoms with Crippen molar-refractivity contribution >= 4 is 6.09 Å². The van der Waals surface area contributed by atoms with Crippen LogP contribution in [0.25, 0.3) is 0 Å². The first kappa shape index (κ1) is 19.0. The average Bonchev–Trinajstić information content (AvgIpc) is 2.83. The topological polar surface area (TPSA) is 48.0 Å². The van der Waals surface area contributed by atoms with Crippen LogP contribution in [0.1, 0.15) is 52.0 Å². The maximum absolute atomic E-state index is 12.5. The van der Waals surface area contributed by atoms with E-state index < -0.39 is 5.60 Å². The molecule has 0 radical (unpaired) electrons. The SMILES string of the molecule is COCCc1cccc(OC2C[C@H]3CC[C@@H](C2)N3C(=O)OC(C)(C)C)c1. The molecule has 1 aromatic carbocycles. The van der Waals surface area contributed by atoms with Gasteiger partial charge in [-0.05, 0) is 57.7 Å². The molecular weight excluding hydrogens is 330 g/mol. The van der Waals surface area contributed by atoms with Crippen molar-refractivity contribution in [2.45, 2.75) is 76.7 Å². The predicted octanol–water partition coefficient (Wildman–Crippen LogP) is 4.18. The molecule has 2 saturated heterocycles. The molecule has 1 unspecified atom stereocenters. The molecule has 2 aliphatic heterocycles. The molecule has 0 spiro atoms. The fourth-order valence-corrected chi connectivity index (χ4v) is 4.02. The van der Waals surface area contributed by atoms with Crippen LogP contribution in [0.4, 0.5) is 4.79 Å². The number of carbonyl (C=O) groups excluding carboxylic acids is 1. The van der Waals surface area contributed by atoms with E-state index in [1.807, 2.05) is 37.8 Å². The van der Waals surface area contributed by atoms with E-state index in [1.165, 1.54) is 5.56 Å². The third-order valence-electron chi connectivity index (χ3n) is 5.09. The highest BCUT2D eigenvalue weighted by Gasteiger charge is 2.45. The van der Waals surface area contributed by atoms with Crippen LogP contribution in [0.5, 0.6) is 5.75 Å². The molecule has 5 nitrogen and oxygen atoms in total. The summed E-state index contributed by atoms with van der Waals surface area (Å²) in [5.41, 5.74) is 0.769. The Hall–Kier alpha value is -1.75. The van der Waals surface area contributed by atoms with Gasteiger partial charge in [-0.2, -0.15) is 0 Å². The summed E-state index contributed by atoms with van der Waals surface area (Å²) >= 11 is 0. The van der Waals surface area contributed by atoms with Gasteiger partial charge in [-0.3, -0.25) is 0 Å². The summed E-state index contributed by atoms with van der Waals surface area (Å²) in [5, 5.41) is 0. The number of rotatable bonds is 5. The molecule has 5 heteroatoms. The van der Waals surface area contributed by atoms with Gasteiger partial charge >= 0.3 is 6.09 Å². The molecule has 0 N–H and O–H groups in total. The van der Waals surface area contributed by atoms with Crippen molar-refractivity contribution in [2.24, 2.45) is 0 Å². The van der Waals surface area contributed by atoms with E-state index >= 15 is 0 Å². The Labute approximate surface area is 156 Å². The molecule has 1 aromatic rings. The van der Waals surface area contributed by atoms with E-state index in [9.17, 15) is 4.79 Å². The van der Waals surface area contributed by atoms with Crippen molar-refractivity contribution in [3.63, 3.8) is 0 Å². The second-order valence-electron chi connectivity index (χ2n) is 8.37. The monoisotopic (exact) mass is 361 g/mol. The molecule has 0 aromatic heterocycles. The number of hydrogen-bond donors (Lipinski definition) is 0. The van der Waals surface area contributed by atoms with Gasteiger partial charge in [-0.1, -0.05) is 12.1 Å². The second-order valence-corrected chi connectivity index (χ2v) is 8.37. The lowest BCUT2D eigenvalue weighted by atomic mass is 10.00. The molecule has 26 heavy (non-hydrogen) atoms. The fraction of sp³-hybridized carbons (Fsp3) is 0.667. The fourth-order valence-electron chi connectivity index (χ4n) is 4.02. The lowest BCUT2D eigenvalue weighted by Crippen LogP contribution is -2.50. The van der Waals surface area contributed by atoms with E-state index in [0.29, 0.717) is 6.61 Å². The quantitative estimate of drug-likeness (QED) is 0.789. The van der Waals surface area contributed by atoms with E-state index in [1.54, 1.807) is 7.11 Å². The van der Waals surface area contributed by atoms with E-state index in [2.05, 4.69) is 12.1 Å². The van der Waals surface area contributed by atoms with Crippen LogP contribution in [-0.4, -0.2) is 48.5 Å². The molecule has 2 heterocycles. The Morgan fingerprint density at radius 2 is 1.88 bits per heavy atom. The summed E-state index contributed by atoms with van der Waals surface area (Å²) in [6.07, 6.45) is 4.69. The van der Waals surface area contributed by atoms with Gasteiger partial charge in [0, 0.05) is 32.0 Å². The number of benzene rings is 1. The first-order valence-electron chi connectivity index (χ1n) is 9.61. The molecule has 3 rings (SSSR count). The number of ether oxygens (including phenoxy) is 3. The number of methoxy groups -OCH3 is 1. The number of nitrogens with zero attached hydrogens (tertiary/aromatic N) is 1. The molecule has 0 aliphatic carbocycles. The van der Waals surface area contributed by atoms with Crippen LogP contribution < -0.4 is 4.74 Å². The van der Waals surface area contributed by atoms with Crippen molar-refractivity contribution in [3.8, 4) is 5.75 Å². The van der Waals surface area contributed by atoms with Gasteiger partial charge in [0.15, 0.2) is 0 Å². The number of fused-ring (bicyclic) bond motifs is 2. The van der Waals surface area contributed by atoms with Crippen LogP contribution in [0.15, 0.2) is 24.3 Å². The van der Waals surface area contributed by atoms with Crippen LogP contribution >= 0.6 is 0 Å². The van der Waals surface area contributed by atoms with Crippen molar-refractivity contribution in [3.05, 3.63) is 29.8 Å². The highest BCUT2D eigenvalue weighted by Crippen LogP contribution is 2.38. The minimum atomic E-state index is -0.452. The molecule has 2 aliphatic rings. The summed E-state index contributed by atoms with van der Waals surface area (Å²) < 4.78 is 17.0. The van der Waals surface area contributed by atoms with E-state index in [-0.39, 0.29) is 24.3 Å². The lowest BCUT2D eigenvalue weighted by molar-refractivity contribution is -0.00707. The zero-order valence-electron chi connectivity index (χ0n) is 16.4. The number of hydrogen-bond acceptors (Lipinski definition) is 4. The Morgan fingerprint density at radius 3 is 2.50 bits per heavy atom. The molecule has 3 atom stereocenters.